The molecule has 0 aliphatic carbocycles. The van der Waals surface area contributed by atoms with Gasteiger partial charge >= 0.3 is 0 Å². The lowest BCUT2D eigenvalue weighted by atomic mass is 9.99. The lowest BCUT2D eigenvalue weighted by Gasteiger charge is -2.30. The summed E-state index contributed by atoms with van der Waals surface area (Å²) in [6.07, 6.45) is 3.46. The van der Waals surface area contributed by atoms with Crippen LogP contribution in [0, 0.1) is 0 Å². The maximum Gasteiger partial charge on any atom is 0.286 e. The molecule has 2 aromatic rings. The van der Waals surface area contributed by atoms with Gasteiger partial charge in [0.25, 0.3) is 5.91 Å². The lowest BCUT2D eigenvalue weighted by molar-refractivity contribution is -0.118. The molecule has 0 saturated carbocycles. The first kappa shape index (κ1) is 17.9. The second-order valence-electron chi connectivity index (χ2n) is 5.48. The predicted molar refractivity (Wildman–Crippen MR) is 94.4 cm³/mol. The molecule has 0 spiro atoms. The number of hydrogen-bond donors (Lipinski definition) is 2. The molecule has 2 amide bonds. The summed E-state index contributed by atoms with van der Waals surface area (Å²) in [5.74, 6) is -0.0871. The van der Waals surface area contributed by atoms with Crippen LogP contribution in [0.2, 0.25) is 0 Å². The van der Waals surface area contributed by atoms with E-state index < -0.39 is 0 Å². The molecular weight excluding hydrogens is 330 g/mol. The molecule has 1 aromatic heterocycles. The molecule has 6 nitrogen and oxygen atoms in total. The Morgan fingerprint density at radius 2 is 2.08 bits per heavy atom. The largest absolute Gasteiger partial charge is 0.459 e. The molecule has 0 bridgehead atoms. The second kappa shape index (κ2) is 7.88. The van der Waals surface area contributed by atoms with Crippen molar-refractivity contribution in [2.45, 2.75) is 19.3 Å². The van der Waals surface area contributed by atoms with Crippen molar-refractivity contribution in [3.05, 3.63) is 47.9 Å². The molecule has 0 radical (unpaired) electrons. The number of carbonyl (C=O) groups is 2. The van der Waals surface area contributed by atoms with E-state index in [-0.39, 0.29) is 42.9 Å². The van der Waals surface area contributed by atoms with Crippen molar-refractivity contribution in [1.82, 2.24) is 5.32 Å². The van der Waals surface area contributed by atoms with Crippen LogP contribution in [0.25, 0.3) is 0 Å². The zero-order valence-electron chi connectivity index (χ0n) is 13.2. The Hall–Kier alpha value is -2.47. The average Bonchev–Trinajstić information content (AvgIpc) is 3.09. The first-order valence-electron chi connectivity index (χ1n) is 7.66. The number of amides is 2. The maximum atomic E-state index is 12.5. The Kier molecular flexibility index (Phi) is 5.87. The van der Waals surface area contributed by atoms with Crippen LogP contribution in [0.15, 0.2) is 41.0 Å². The number of carbonyl (C=O) groups excluding carboxylic acids is 2. The van der Waals surface area contributed by atoms with E-state index >= 15 is 0 Å². The van der Waals surface area contributed by atoms with Crippen molar-refractivity contribution in [3.8, 4) is 0 Å². The van der Waals surface area contributed by atoms with Crippen molar-refractivity contribution in [3.63, 3.8) is 0 Å². The molecule has 128 valence electrons. The van der Waals surface area contributed by atoms with Crippen LogP contribution in [0.1, 0.15) is 29.0 Å². The summed E-state index contributed by atoms with van der Waals surface area (Å²) in [5, 5.41) is 2.69. The summed E-state index contributed by atoms with van der Waals surface area (Å²) in [6.45, 7) is 0.952. The van der Waals surface area contributed by atoms with Crippen LogP contribution in [0.5, 0.6) is 0 Å². The molecule has 1 aliphatic heterocycles. The van der Waals surface area contributed by atoms with E-state index in [1.807, 2.05) is 18.2 Å². The van der Waals surface area contributed by atoms with Gasteiger partial charge in [-0.1, -0.05) is 6.07 Å². The van der Waals surface area contributed by atoms with Crippen molar-refractivity contribution < 1.29 is 14.0 Å². The summed E-state index contributed by atoms with van der Waals surface area (Å²) in [4.78, 5) is 26.0. The number of rotatable bonds is 4. The molecule has 1 aromatic carbocycles. The molecule has 7 heteroatoms. The van der Waals surface area contributed by atoms with E-state index in [0.717, 1.165) is 29.8 Å². The van der Waals surface area contributed by atoms with Crippen LogP contribution in [0.3, 0.4) is 0 Å². The standard InChI is InChI=1S/C17H19N3O3.ClH/c18-13-5-1-6-14-12(13)4-2-10-20(14)16(21)8-9-19-17(22)15-7-3-11-23-15;/h1,3,5-7,11H,2,4,8-10,18H2,(H,19,22);1H. The average molecular weight is 350 g/mol. The summed E-state index contributed by atoms with van der Waals surface area (Å²) >= 11 is 0. The number of halogens is 1. The van der Waals surface area contributed by atoms with Gasteiger partial charge in [0, 0.05) is 30.9 Å². The topological polar surface area (TPSA) is 88.6 Å². The van der Waals surface area contributed by atoms with Gasteiger partial charge in [0.15, 0.2) is 5.76 Å². The van der Waals surface area contributed by atoms with Gasteiger partial charge in [-0.2, -0.15) is 0 Å². The number of nitrogen functional groups attached to an aromatic ring is 1. The Bertz CT molecular complexity index is 716. The molecule has 0 saturated heterocycles. The summed E-state index contributed by atoms with van der Waals surface area (Å²) in [7, 11) is 0. The zero-order chi connectivity index (χ0) is 16.2. The third-order valence-electron chi connectivity index (χ3n) is 3.96. The predicted octanol–water partition coefficient (Wildman–Crippen LogP) is 2.38. The van der Waals surface area contributed by atoms with Gasteiger partial charge in [-0.05, 0) is 42.7 Å². The summed E-state index contributed by atoms with van der Waals surface area (Å²) in [5.41, 5.74) is 8.64. The molecule has 1 aliphatic rings. The molecule has 24 heavy (non-hydrogen) atoms. The fraction of sp³-hybridized carbons (Fsp3) is 0.294. The Balaban J connectivity index is 0.00000208. The number of nitrogens with zero attached hydrogens (tertiary/aromatic N) is 1. The number of anilines is 2. The van der Waals surface area contributed by atoms with Gasteiger partial charge in [0.05, 0.1) is 6.26 Å². The van der Waals surface area contributed by atoms with Crippen molar-refractivity contribution in [2.24, 2.45) is 0 Å². The monoisotopic (exact) mass is 349 g/mol. The fourth-order valence-corrected chi connectivity index (χ4v) is 2.82. The highest BCUT2D eigenvalue weighted by atomic mass is 35.5. The molecular formula is C17H20ClN3O3. The molecule has 0 unspecified atom stereocenters. The van der Waals surface area contributed by atoms with Crippen molar-refractivity contribution in [2.75, 3.05) is 23.7 Å². The van der Waals surface area contributed by atoms with E-state index in [4.69, 9.17) is 10.2 Å². The van der Waals surface area contributed by atoms with Crippen LogP contribution in [-0.2, 0) is 11.2 Å². The highest BCUT2D eigenvalue weighted by molar-refractivity contribution is 5.96. The maximum absolute atomic E-state index is 12.5. The van der Waals surface area contributed by atoms with Crippen molar-refractivity contribution >= 4 is 35.6 Å². The second-order valence-corrected chi connectivity index (χ2v) is 5.48. The number of benzene rings is 1. The minimum absolute atomic E-state index is 0. The Morgan fingerprint density at radius 3 is 2.83 bits per heavy atom. The third-order valence-corrected chi connectivity index (χ3v) is 3.96. The number of nitrogens with one attached hydrogen (secondary N) is 1. The van der Waals surface area contributed by atoms with E-state index in [9.17, 15) is 9.59 Å². The van der Waals surface area contributed by atoms with Crippen LogP contribution >= 0.6 is 12.4 Å². The molecule has 2 heterocycles. The van der Waals surface area contributed by atoms with Crippen LogP contribution in [0.4, 0.5) is 11.4 Å². The quantitative estimate of drug-likeness (QED) is 0.829. The number of hydrogen-bond acceptors (Lipinski definition) is 4. The number of furan rings is 1. The smallest absolute Gasteiger partial charge is 0.286 e. The highest BCUT2D eigenvalue weighted by Crippen LogP contribution is 2.31. The van der Waals surface area contributed by atoms with Gasteiger partial charge < -0.3 is 20.4 Å². The molecule has 0 atom stereocenters. The lowest BCUT2D eigenvalue weighted by Crippen LogP contribution is -2.38. The molecule has 3 N–H and O–H groups in total. The van der Waals surface area contributed by atoms with Gasteiger partial charge in [-0.15, -0.1) is 12.4 Å². The van der Waals surface area contributed by atoms with Gasteiger partial charge in [0.2, 0.25) is 5.91 Å². The fourth-order valence-electron chi connectivity index (χ4n) is 2.82. The van der Waals surface area contributed by atoms with Crippen LogP contribution < -0.4 is 16.0 Å². The summed E-state index contributed by atoms with van der Waals surface area (Å²) in [6, 6.07) is 8.87. The van der Waals surface area contributed by atoms with E-state index in [0.29, 0.717) is 6.54 Å². The van der Waals surface area contributed by atoms with Gasteiger partial charge in [-0.3, -0.25) is 9.59 Å². The van der Waals surface area contributed by atoms with Crippen LogP contribution in [-0.4, -0.2) is 24.9 Å². The van der Waals surface area contributed by atoms with Crippen molar-refractivity contribution in [1.29, 1.82) is 0 Å². The molecule has 3 rings (SSSR count). The van der Waals surface area contributed by atoms with Gasteiger partial charge in [-0.25, -0.2) is 0 Å². The Morgan fingerprint density at radius 1 is 1.25 bits per heavy atom. The minimum atomic E-state index is -0.314. The van der Waals surface area contributed by atoms with E-state index in [1.165, 1.54) is 6.26 Å². The third kappa shape index (κ3) is 3.71. The van der Waals surface area contributed by atoms with E-state index in [1.54, 1.807) is 17.0 Å². The highest BCUT2D eigenvalue weighted by Gasteiger charge is 2.23. The van der Waals surface area contributed by atoms with E-state index in [2.05, 4.69) is 5.32 Å². The molecule has 0 fully saturated rings. The first-order valence-corrected chi connectivity index (χ1v) is 7.66. The Labute approximate surface area is 146 Å². The first-order chi connectivity index (χ1) is 11.2. The summed E-state index contributed by atoms with van der Waals surface area (Å²) < 4.78 is 5.01. The minimum Gasteiger partial charge on any atom is -0.459 e. The number of nitrogens with two attached hydrogens (primary N) is 1. The SMILES string of the molecule is Cl.Nc1cccc2c1CCCN2C(=O)CCNC(=O)c1ccco1. The zero-order valence-corrected chi connectivity index (χ0v) is 14.0. The van der Waals surface area contributed by atoms with Gasteiger partial charge in [0.1, 0.15) is 0 Å². The number of fused-ring (bicyclic) bond motifs is 1. The normalized spacial score (nSPS) is 12.9.